The third-order valence-corrected chi connectivity index (χ3v) is 3.84. The van der Waals surface area contributed by atoms with E-state index in [0.29, 0.717) is 18.3 Å². The molecule has 0 bridgehead atoms. The first-order valence-electron chi connectivity index (χ1n) is 6.68. The molecular weight excluding hydrogens is 222 g/mol. The zero-order valence-corrected chi connectivity index (χ0v) is 11.2. The number of ether oxygens (including phenoxy) is 1. The Bertz CT molecular complexity index is 418. The van der Waals surface area contributed by atoms with Gasteiger partial charge < -0.3 is 4.74 Å². The summed E-state index contributed by atoms with van der Waals surface area (Å²) in [6.45, 7) is 5.10. The van der Waals surface area contributed by atoms with Crippen LogP contribution in [0.1, 0.15) is 44.6 Å². The van der Waals surface area contributed by atoms with Gasteiger partial charge in [-0.1, -0.05) is 30.3 Å². The summed E-state index contributed by atoms with van der Waals surface area (Å²) < 4.78 is 5.78. The van der Waals surface area contributed by atoms with Gasteiger partial charge in [0.05, 0.1) is 11.7 Å². The van der Waals surface area contributed by atoms with Gasteiger partial charge >= 0.3 is 0 Å². The molecule has 0 spiro atoms. The van der Waals surface area contributed by atoms with E-state index in [1.807, 2.05) is 6.07 Å². The maximum absolute atomic E-state index is 9.08. The molecule has 1 heterocycles. The highest BCUT2D eigenvalue weighted by Crippen LogP contribution is 2.39. The van der Waals surface area contributed by atoms with Gasteiger partial charge in [-0.2, -0.15) is 5.26 Å². The molecule has 1 aliphatic rings. The average molecular weight is 243 g/mol. The van der Waals surface area contributed by atoms with E-state index in [-0.39, 0.29) is 5.60 Å². The molecule has 1 aromatic carbocycles. The lowest BCUT2D eigenvalue weighted by Gasteiger charge is -2.39. The Balaban J connectivity index is 2.18. The predicted molar refractivity (Wildman–Crippen MR) is 72.2 cm³/mol. The monoisotopic (exact) mass is 243 g/mol. The van der Waals surface area contributed by atoms with E-state index in [9.17, 15) is 0 Å². The van der Waals surface area contributed by atoms with Gasteiger partial charge in [-0.25, -0.2) is 0 Å². The number of nitriles is 1. The molecule has 0 N–H and O–H groups in total. The van der Waals surface area contributed by atoms with Crippen molar-refractivity contribution in [3.05, 3.63) is 35.9 Å². The minimum atomic E-state index is -0.0502. The minimum absolute atomic E-state index is 0.0502. The molecule has 0 radical (unpaired) electrons. The van der Waals surface area contributed by atoms with Gasteiger partial charge in [0.2, 0.25) is 0 Å². The highest BCUT2D eigenvalue weighted by Gasteiger charge is 2.33. The second kappa shape index (κ2) is 5.54. The number of hydrogen-bond acceptors (Lipinski definition) is 2. The molecular formula is C16H21NO. The number of rotatable bonds is 3. The van der Waals surface area contributed by atoms with Gasteiger partial charge in [-0.05, 0) is 44.1 Å². The van der Waals surface area contributed by atoms with Crippen LogP contribution in [0.2, 0.25) is 0 Å². The molecule has 0 aliphatic carbocycles. The van der Waals surface area contributed by atoms with Crippen molar-refractivity contribution < 1.29 is 4.74 Å². The van der Waals surface area contributed by atoms with Crippen molar-refractivity contribution in [3.63, 3.8) is 0 Å². The predicted octanol–water partition coefficient (Wildman–Crippen LogP) is 3.89. The van der Waals surface area contributed by atoms with Crippen LogP contribution in [-0.2, 0) is 4.74 Å². The van der Waals surface area contributed by atoms with E-state index in [1.165, 1.54) is 5.56 Å². The van der Waals surface area contributed by atoms with Gasteiger partial charge in [0.15, 0.2) is 0 Å². The Labute approximate surface area is 110 Å². The van der Waals surface area contributed by atoms with Crippen molar-refractivity contribution in [2.24, 2.45) is 5.92 Å². The van der Waals surface area contributed by atoms with Gasteiger partial charge in [0.1, 0.15) is 0 Å². The fourth-order valence-corrected chi connectivity index (χ4v) is 2.98. The summed E-state index contributed by atoms with van der Waals surface area (Å²) in [5.41, 5.74) is 1.24. The number of benzene rings is 1. The quantitative estimate of drug-likeness (QED) is 0.807. The Kier molecular flexibility index (Phi) is 4.04. The van der Waals surface area contributed by atoms with Crippen LogP contribution >= 0.6 is 0 Å². The molecule has 0 aromatic heterocycles. The summed E-state index contributed by atoms with van der Waals surface area (Å²) in [5, 5.41) is 9.08. The number of nitrogens with zero attached hydrogens (tertiary/aromatic N) is 1. The molecule has 18 heavy (non-hydrogen) atoms. The molecule has 2 heteroatoms. The molecule has 0 unspecified atom stereocenters. The Morgan fingerprint density at radius 2 is 2.11 bits per heavy atom. The van der Waals surface area contributed by atoms with Crippen LogP contribution in [0.25, 0.3) is 0 Å². The largest absolute Gasteiger partial charge is 0.376 e. The summed E-state index contributed by atoms with van der Waals surface area (Å²) in [5.74, 6) is 0.898. The van der Waals surface area contributed by atoms with Crippen LogP contribution in [-0.4, -0.2) is 12.2 Å². The van der Waals surface area contributed by atoms with E-state index in [1.54, 1.807) is 0 Å². The maximum atomic E-state index is 9.08. The molecule has 0 amide bonds. The van der Waals surface area contributed by atoms with E-state index in [0.717, 1.165) is 19.4 Å². The first-order valence-corrected chi connectivity index (χ1v) is 6.68. The van der Waals surface area contributed by atoms with Crippen LogP contribution in [0, 0.1) is 17.2 Å². The van der Waals surface area contributed by atoms with Crippen molar-refractivity contribution in [1.29, 1.82) is 5.26 Å². The summed E-state index contributed by atoms with van der Waals surface area (Å²) in [4.78, 5) is 0. The van der Waals surface area contributed by atoms with Crippen LogP contribution in [0.3, 0.4) is 0 Å². The minimum Gasteiger partial charge on any atom is -0.376 e. The van der Waals surface area contributed by atoms with E-state index >= 15 is 0 Å². The van der Waals surface area contributed by atoms with E-state index < -0.39 is 0 Å². The van der Waals surface area contributed by atoms with Gasteiger partial charge in [0.25, 0.3) is 0 Å². The summed E-state index contributed by atoms with van der Waals surface area (Å²) in [6, 6.07) is 12.8. The molecule has 2 rings (SSSR count). The lowest BCUT2D eigenvalue weighted by molar-refractivity contribution is -0.0766. The molecule has 2 atom stereocenters. The van der Waals surface area contributed by atoms with Gasteiger partial charge in [0, 0.05) is 13.0 Å². The van der Waals surface area contributed by atoms with E-state index in [2.05, 4.69) is 44.2 Å². The number of hydrogen-bond donors (Lipinski definition) is 0. The fraction of sp³-hybridized carbons (Fsp3) is 0.562. The normalized spacial score (nSPS) is 24.2. The summed E-state index contributed by atoms with van der Waals surface area (Å²) >= 11 is 0. The highest BCUT2D eigenvalue weighted by atomic mass is 16.5. The first kappa shape index (κ1) is 13.1. The molecule has 96 valence electrons. The zero-order chi connectivity index (χ0) is 13.0. The smallest absolute Gasteiger partial charge is 0.0629 e. The molecule has 2 nitrogen and oxygen atoms in total. The molecule has 0 saturated carbocycles. The average Bonchev–Trinajstić information content (AvgIpc) is 2.36. The SMILES string of the molecule is CC1(C)C[C@@H]([C@H](CC#N)c2ccccc2)CCO1. The Morgan fingerprint density at radius 3 is 2.72 bits per heavy atom. The third-order valence-electron chi connectivity index (χ3n) is 3.84. The maximum Gasteiger partial charge on any atom is 0.0629 e. The topological polar surface area (TPSA) is 33.0 Å². The third kappa shape index (κ3) is 3.11. The van der Waals surface area contributed by atoms with Gasteiger partial charge in [-0.3, -0.25) is 0 Å². The summed E-state index contributed by atoms with van der Waals surface area (Å²) in [6.07, 6.45) is 2.70. The van der Waals surface area contributed by atoms with Gasteiger partial charge in [-0.15, -0.1) is 0 Å². The Morgan fingerprint density at radius 1 is 1.39 bits per heavy atom. The van der Waals surface area contributed by atoms with Crippen molar-refractivity contribution in [3.8, 4) is 6.07 Å². The molecule has 1 aromatic rings. The second-order valence-electron chi connectivity index (χ2n) is 5.74. The van der Waals surface area contributed by atoms with Crippen LogP contribution in [0.15, 0.2) is 30.3 Å². The van der Waals surface area contributed by atoms with E-state index in [4.69, 9.17) is 10.00 Å². The molecule has 1 fully saturated rings. The zero-order valence-electron chi connectivity index (χ0n) is 11.2. The lowest BCUT2D eigenvalue weighted by Crippen LogP contribution is -2.36. The lowest BCUT2D eigenvalue weighted by atomic mass is 9.75. The molecule has 1 aliphatic heterocycles. The van der Waals surface area contributed by atoms with Crippen molar-refractivity contribution >= 4 is 0 Å². The highest BCUT2D eigenvalue weighted by molar-refractivity contribution is 5.22. The standard InChI is InChI=1S/C16H21NO/c1-16(2)12-14(9-11-18-16)15(8-10-17)13-6-4-3-5-7-13/h3-7,14-15H,8-9,11-12H2,1-2H3/t14-,15+/m0/s1. The molecule has 1 saturated heterocycles. The second-order valence-corrected chi connectivity index (χ2v) is 5.74. The van der Waals surface area contributed by atoms with Crippen LogP contribution in [0.4, 0.5) is 0 Å². The van der Waals surface area contributed by atoms with Crippen LogP contribution < -0.4 is 0 Å². The van der Waals surface area contributed by atoms with Crippen molar-refractivity contribution in [2.75, 3.05) is 6.61 Å². The Hall–Kier alpha value is -1.33. The van der Waals surface area contributed by atoms with Crippen molar-refractivity contribution in [2.45, 2.75) is 44.6 Å². The van der Waals surface area contributed by atoms with Crippen LogP contribution in [0.5, 0.6) is 0 Å². The van der Waals surface area contributed by atoms with Crippen molar-refractivity contribution in [1.82, 2.24) is 0 Å². The first-order chi connectivity index (χ1) is 8.62. The fourth-order valence-electron chi connectivity index (χ4n) is 2.98. The summed E-state index contributed by atoms with van der Waals surface area (Å²) in [7, 11) is 0.